The van der Waals surface area contributed by atoms with E-state index in [9.17, 15) is 14.4 Å². The number of hydrogen-bond acceptors (Lipinski definition) is 6. The maximum atomic E-state index is 14.0. The first-order valence-corrected chi connectivity index (χ1v) is 13.5. The maximum absolute atomic E-state index is 14.0. The summed E-state index contributed by atoms with van der Waals surface area (Å²) in [6.45, 7) is 8.44. The molecule has 2 aromatic heterocycles. The van der Waals surface area contributed by atoms with Crippen LogP contribution in [0.25, 0.3) is 32.9 Å². The molecule has 0 saturated carbocycles. The van der Waals surface area contributed by atoms with E-state index in [2.05, 4.69) is 5.16 Å². The molecule has 3 aromatic carbocycles. The number of fused-ring (bicyclic) bond motifs is 3. The summed E-state index contributed by atoms with van der Waals surface area (Å²) >= 11 is 0. The van der Waals surface area contributed by atoms with E-state index in [1.807, 2.05) is 32.9 Å². The van der Waals surface area contributed by atoms with Gasteiger partial charge in [-0.05, 0) is 75.7 Å². The largest absolute Gasteiger partial charge is 0.372 e. The van der Waals surface area contributed by atoms with E-state index >= 15 is 0 Å². The summed E-state index contributed by atoms with van der Waals surface area (Å²) in [5, 5.41) is 5.16. The SMILES string of the molecule is Cc1noc(C)c1-c1cc(C(N)=O)c2c3cc(C(=O)N4CC(C)OC(C)C4)ccc3n(C(=O)c3ccccc3)c2c1. The van der Waals surface area contributed by atoms with Gasteiger partial charge < -0.3 is 19.9 Å². The Labute approximate surface area is 236 Å². The molecule has 2 atom stereocenters. The van der Waals surface area contributed by atoms with Gasteiger partial charge in [0.1, 0.15) is 5.76 Å². The molecular formula is C32H30N4O5. The van der Waals surface area contributed by atoms with Crippen molar-refractivity contribution in [3.8, 4) is 11.1 Å². The zero-order chi connectivity index (χ0) is 29.0. The minimum Gasteiger partial charge on any atom is -0.372 e. The van der Waals surface area contributed by atoms with Crippen LogP contribution >= 0.6 is 0 Å². The fraction of sp³-hybridized carbons (Fsp3) is 0.250. The Hall–Kier alpha value is -4.76. The number of amides is 2. The van der Waals surface area contributed by atoms with Crippen molar-refractivity contribution >= 4 is 39.5 Å². The molecule has 1 aliphatic rings. The molecule has 1 fully saturated rings. The van der Waals surface area contributed by atoms with Crippen LogP contribution in [0.3, 0.4) is 0 Å². The average molecular weight is 551 g/mol. The van der Waals surface area contributed by atoms with Crippen LogP contribution < -0.4 is 5.73 Å². The van der Waals surface area contributed by atoms with Gasteiger partial charge in [0.15, 0.2) is 0 Å². The smallest absolute Gasteiger partial charge is 0.262 e. The number of ether oxygens (including phenoxy) is 1. The molecule has 1 saturated heterocycles. The zero-order valence-corrected chi connectivity index (χ0v) is 23.3. The Kier molecular flexibility index (Phi) is 6.46. The van der Waals surface area contributed by atoms with E-state index in [-0.39, 0.29) is 29.6 Å². The molecule has 0 radical (unpaired) electrons. The summed E-state index contributed by atoms with van der Waals surface area (Å²) in [7, 11) is 0. The lowest BCUT2D eigenvalue weighted by Gasteiger charge is -2.35. The Morgan fingerprint density at radius 2 is 1.59 bits per heavy atom. The van der Waals surface area contributed by atoms with Crippen LogP contribution in [0.1, 0.15) is 56.4 Å². The molecular weight excluding hydrogens is 520 g/mol. The lowest BCUT2D eigenvalue weighted by atomic mass is 9.97. The molecule has 0 bridgehead atoms. The lowest BCUT2D eigenvalue weighted by Crippen LogP contribution is -2.48. The molecule has 2 unspecified atom stereocenters. The first-order chi connectivity index (χ1) is 19.6. The Bertz CT molecular complexity index is 1820. The highest BCUT2D eigenvalue weighted by Gasteiger charge is 2.29. The number of primary amides is 1. The molecule has 9 nitrogen and oxygen atoms in total. The summed E-state index contributed by atoms with van der Waals surface area (Å²) < 4.78 is 12.8. The standard InChI is InChI=1S/C32H30N4O5/c1-17-15-35(16-18(2)40-17)31(38)22-10-11-26-24(12-22)29-25(30(33)37)13-23(28-19(3)34-41-20(28)4)14-27(29)36(26)32(39)21-8-6-5-7-9-21/h5-14,17-18H,15-16H2,1-4H3,(H2,33,37). The summed E-state index contributed by atoms with van der Waals surface area (Å²) in [5.74, 6) is -0.484. The van der Waals surface area contributed by atoms with Crippen molar-refractivity contribution in [2.24, 2.45) is 5.73 Å². The first-order valence-electron chi connectivity index (χ1n) is 13.5. The average Bonchev–Trinajstić information content (AvgIpc) is 3.46. The summed E-state index contributed by atoms with van der Waals surface area (Å²) in [4.78, 5) is 42.4. The van der Waals surface area contributed by atoms with E-state index in [1.54, 1.807) is 64.9 Å². The van der Waals surface area contributed by atoms with Gasteiger partial charge >= 0.3 is 0 Å². The van der Waals surface area contributed by atoms with Gasteiger partial charge in [-0.15, -0.1) is 0 Å². The number of rotatable bonds is 4. The second-order valence-electron chi connectivity index (χ2n) is 10.7. The normalized spacial score (nSPS) is 17.3. The number of aromatic nitrogens is 2. The fourth-order valence-electron chi connectivity index (χ4n) is 5.97. The van der Waals surface area contributed by atoms with Gasteiger partial charge in [-0.3, -0.25) is 19.0 Å². The third-order valence-electron chi connectivity index (χ3n) is 7.63. The van der Waals surface area contributed by atoms with Crippen LogP contribution in [-0.2, 0) is 4.74 Å². The molecule has 3 heterocycles. The third-order valence-corrected chi connectivity index (χ3v) is 7.63. The number of morpholine rings is 1. The molecule has 41 heavy (non-hydrogen) atoms. The van der Waals surface area contributed by atoms with Crippen molar-refractivity contribution in [2.75, 3.05) is 13.1 Å². The number of benzene rings is 3. The highest BCUT2D eigenvalue weighted by atomic mass is 16.5. The fourth-order valence-corrected chi connectivity index (χ4v) is 5.97. The maximum Gasteiger partial charge on any atom is 0.262 e. The highest BCUT2D eigenvalue weighted by Crippen LogP contribution is 2.38. The van der Waals surface area contributed by atoms with Gasteiger partial charge in [0.2, 0.25) is 5.91 Å². The van der Waals surface area contributed by atoms with E-state index in [1.165, 1.54) is 0 Å². The number of nitrogens with zero attached hydrogens (tertiary/aromatic N) is 3. The van der Waals surface area contributed by atoms with Gasteiger partial charge in [0, 0.05) is 46.1 Å². The Balaban J connectivity index is 1.64. The van der Waals surface area contributed by atoms with E-state index in [0.29, 0.717) is 63.0 Å². The molecule has 0 aliphatic carbocycles. The number of hydrogen-bond donors (Lipinski definition) is 1. The molecule has 9 heteroatoms. The molecule has 0 spiro atoms. The summed E-state index contributed by atoms with van der Waals surface area (Å²) in [6, 6.07) is 17.7. The van der Waals surface area contributed by atoms with Gasteiger partial charge in [-0.25, -0.2) is 0 Å². The van der Waals surface area contributed by atoms with Gasteiger partial charge in [-0.2, -0.15) is 0 Å². The van der Waals surface area contributed by atoms with Crippen LogP contribution in [0.5, 0.6) is 0 Å². The van der Waals surface area contributed by atoms with Crippen LogP contribution in [0.2, 0.25) is 0 Å². The van der Waals surface area contributed by atoms with Gasteiger partial charge in [0.25, 0.3) is 11.8 Å². The summed E-state index contributed by atoms with van der Waals surface area (Å²) in [6.07, 6.45) is -0.165. The van der Waals surface area contributed by atoms with E-state index < -0.39 is 5.91 Å². The van der Waals surface area contributed by atoms with Gasteiger partial charge in [-0.1, -0.05) is 23.4 Å². The molecule has 2 N–H and O–H groups in total. The van der Waals surface area contributed by atoms with Crippen LogP contribution in [0.15, 0.2) is 65.2 Å². The van der Waals surface area contributed by atoms with Crippen molar-refractivity contribution in [3.05, 3.63) is 88.8 Å². The second-order valence-corrected chi connectivity index (χ2v) is 10.7. The molecule has 6 rings (SSSR count). The minimum atomic E-state index is -0.651. The minimum absolute atomic E-state index is 0.0824. The van der Waals surface area contributed by atoms with Crippen molar-refractivity contribution in [1.82, 2.24) is 14.6 Å². The predicted octanol–water partition coefficient (Wildman–Crippen LogP) is 5.10. The topological polar surface area (TPSA) is 121 Å². The van der Waals surface area contributed by atoms with Crippen LogP contribution in [0, 0.1) is 13.8 Å². The Morgan fingerprint density at radius 1 is 0.878 bits per heavy atom. The second kappa shape index (κ2) is 10.0. The van der Waals surface area contributed by atoms with E-state index in [4.69, 9.17) is 15.0 Å². The molecule has 208 valence electrons. The number of nitrogens with two attached hydrogens (primary N) is 1. The quantitative estimate of drug-likeness (QED) is 0.332. The van der Waals surface area contributed by atoms with Crippen molar-refractivity contribution in [2.45, 2.75) is 39.9 Å². The van der Waals surface area contributed by atoms with E-state index in [0.717, 1.165) is 5.56 Å². The predicted molar refractivity (Wildman–Crippen MR) is 155 cm³/mol. The van der Waals surface area contributed by atoms with Crippen LogP contribution in [0.4, 0.5) is 0 Å². The third kappa shape index (κ3) is 4.48. The van der Waals surface area contributed by atoms with Crippen molar-refractivity contribution in [1.29, 1.82) is 0 Å². The van der Waals surface area contributed by atoms with Crippen LogP contribution in [-0.4, -0.2) is 57.6 Å². The number of carbonyl (C=O) groups excluding carboxylic acids is 3. The molecule has 1 aliphatic heterocycles. The van der Waals surface area contributed by atoms with Gasteiger partial charge in [0.05, 0.1) is 28.9 Å². The highest BCUT2D eigenvalue weighted by molar-refractivity contribution is 6.23. The summed E-state index contributed by atoms with van der Waals surface area (Å²) in [5.41, 5.74) is 10.2. The zero-order valence-electron chi connectivity index (χ0n) is 23.3. The van der Waals surface area contributed by atoms with Crippen molar-refractivity contribution in [3.63, 3.8) is 0 Å². The number of carbonyl (C=O) groups is 3. The Morgan fingerprint density at radius 3 is 2.22 bits per heavy atom. The molecule has 5 aromatic rings. The molecule has 2 amide bonds. The lowest BCUT2D eigenvalue weighted by molar-refractivity contribution is -0.0586. The number of aryl methyl sites for hydroxylation is 2. The van der Waals surface area contributed by atoms with Crippen molar-refractivity contribution < 1.29 is 23.6 Å². The first kappa shape index (κ1) is 26.5. The monoisotopic (exact) mass is 550 g/mol.